The van der Waals surface area contributed by atoms with Gasteiger partial charge < -0.3 is 15.2 Å². The van der Waals surface area contributed by atoms with Crippen molar-refractivity contribution < 1.29 is 9.47 Å². The summed E-state index contributed by atoms with van der Waals surface area (Å²) in [6.07, 6.45) is 1.88. The van der Waals surface area contributed by atoms with Crippen molar-refractivity contribution in [2.24, 2.45) is 5.73 Å². The largest absolute Gasteiger partial charge is 0.496 e. The highest BCUT2D eigenvalue weighted by Crippen LogP contribution is 2.37. The van der Waals surface area contributed by atoms with Gasteiger partial charge in [-0.3, -0.25) is 0 Å². The van der Waals surface area contributed by atoms with Crippen molar-refractivity contribution in [2.45, 2.75) is 25.8 Å². The zero-order valence-corrected chi connectivity index (χ0v) is 12.7. The Morgan fingerprint density at radius 3 is 2.45 bits per heavy atom. The summed E-state index contributed by atoms with van der Waals surface area (Å²) in [6, 6.07) is 5.30. The Balaban J connectivity index is 2.46. The van der Waals surface area contributed by atoms with Crippen LogP contribution in [0.4, 0.5) is 0 Å². The molecule has 0 saturated carbocycles. The van der Waals surface area contributed by atoms with Crippen LogP contribution in [-0.2, 0) is 6.42 Å². The molecule has 0 amide bonds. The molecule has 2 N–H and O–H groups in total. The molecule has 0 aliphatic rings. The molecule has 2 rings (SSSR count). The maximum atomic E-state index is 6.42. The number of ether oxygens (including phenoxy) is 2. The molecular formula is C14H19N3O2S. The minimum Gasteiger partial charge on any atom is -0.496 e. The molecular weight excluding hydrogens is 274 g/mol. The van der Waals surface area contributed by atoms with Crippen LogP contribution in [-0.4, -0.2) is 23.8 Å². The van der Waals surface area contributed by atoms with Gasteiger partial charge in [0.1, 0.15) is 11.5 Å². The zero-order chi connectivity index (χ0) is 14.5. The molecule has 6 heteroatoms. The van der Waals surface area contributed by atoms with Crippen LogP contribution in [0.1, 0.15) is 35.5 Å². The van der Waals surface area contributed by atoms with E-state index in [9.17, 15) is 0 Å². The first-order valence-electron chi connectivity index (χ1n) is 6.50. The van der Waals surface area contributed by atoms with E-state index in [0.29, 0.717) is 11.5 Å². The van der Waals surface area contributed by atoms with E-state index in [1.54, 1.807) is 14.2 Å². The quantitative estimate of drug-likeness (QED) is 0.886. The monoisotopic (exact) mass is 293 g/mol. The maximum absolute atomic E-state index is 6.42. The first kappa shape index (κ1) is 14.7. The van der Waals surface area contributed by atoms with Crippen molar-refractivity contribution in [3.8, 4) is 11.5 Å². The van der Waals surface area contributed by atoms with Crippen molar-refractivity contribution in [1.82, 2.24) is 9.59 Å². The van der Waals surface area contributed by atoms with Gasteiger partial charge in [-0.1, -0.05) is 23.9 Å². The molecule has 0 spiro atoms. The Hall–Kier alpha value is -1.66. The summed E-state index contributed by atoms with van der Waals surface area (Å²) in [5, 5.41) is 4.17. The molecule has 0 bridgehead atoms. The van der Waals surface area contributed by atoms with Gasteiger partial charge in [-0.15, -0.1) is 5.10 Å². The summed E-state index contributed by atoms with van der Waals surface area (Å²) < 4.78 is 14.8. The summed E-state index contributed by atoms with van der Waals surface area (Å²) in [6.45, 7) is 2.11. The van der Waals surface area contributed by atoms with Crippen LogP contribution in [0.15, 0.2) is 18.2 Å². The van der Waals surface area contributed by atoms with E-state index in [0.717, 1.165) is 29.0 Å². The standard InChI is InChI=1S/C14H19N3O2S/c1-4-6-9-14(20-17-16-9)13(15)12-10(18-2)7-5-8-11(12)19-3/h5,7-8,13H,4,6,15H2,1-3H3. The third kappa shape index (κ3) is 2.76. The molecule has 1 unspecified atom stereocenters. The average Bonchev–Trinajstić information content (AvgIpc) is 2.94. The van der Waals surface area contributed by atoms with Crippen molar-refractivity contribution in [3.63, 3.8) is 0 Å². The van der Waals surface area contributed by atoms with E-state index in [-0.39, 0.29) is 6.04 Å². The molecule has 0 fully saturated rings. The topological polar surface area (TPSA) is 70.3 Å². The summed E-state index contributed by atoms with van der Waals surface area (Å²) >= 11 is 1.33. The number of methoxy groups -OCH3 is 2. The predicted octanol–water partition coefficient (Wildman–Crippen LogP) is 2.56. The number of rotatable bonds is 6. The second kappa shape index (κ2) is 6.67. The molecule has 108 valence electrons. The second-order valence-corrected chi connectivity index (χ2v) is 5.17. The summed E-state index contributed by atoms with van der Waals surface area (Å²) in [4.78, 5) is 0.967. The van der Waals surface area contributed by atoms with E-state index < -0.39 is 0 Å². The van der Waals surface area contributed by atoms with Crippen LogP contribution in [0.25, 0.3) is 0 Å². The van der Waals surface area contributed by atoms with Crippen molar-refractivity contribution in [3.05, 3.63) is 34.3 Å². The molecule has 2 aromatic rings. The van der Waals surface area contributed by atoms with Gasteiger partial charge in [0.25, 0.3) is 0 Å². The average molecular weight is 293 g/mol. The lowest BCUT2D eigenvalue weighted by Crippen LogP contribution is -2.15. The molecule has 0 aliphatic carbocycles. The number of aryl methyl sites for hydroxylation is 1. The van der Waals surface area contributed by atoms with Gasteiger partial charge in [0, 0.05) is 0 Å². The number of benzene rings is 1. The minimum atomic E-state index is -0.345. The fourth-order valence-corrected chi connectivity index (χ4v) is 2.89. The fraction of sp³-hybridized carbons (Fsp3) is 0.429. The SMILES string of the molecule is CCCc1nnsc1C(N)c1c(OC)cccc1OC. The van der Waals surface area contributed by atoms with Gasteiger partial charge >= 0.3 is 0 Å². The highest BCUT2D eigenvalue weighted by molar-refractivity contribution is 7.05. The lowest BCUT2D eigenvalue weighted by Gasteiger charge is -2.18. The van der Waals surface area contributed by atoms with E-state index in [4.69, 9.17) is 15.2 Å². The molecule has 0 aliphatic heterocycles. The summed E-state index contributed by atoms with van der Waals surface area (Å²) in [5.74, 6) is 1.43. The van der Waals surface area contributed by atoms with Gasteiger partial charge in [0.05, 0.1) is 36.4 Å². The molecule has 1 heterocycles. The van der Waals surface area contributed by atoms with Gasteiger partial charge in [-0.2, -0.15) is 0 Å². The van der Waals surface area contributed by atoms with Crippen LogP contribution in [0.2, 0.25) is 0 Å². The van der Waals surface area contributed by atoms with Gasteiger partial charge in [-0.25, -0.2) is 0 Å². The number of hydrogen-bond acceptors (Lipinski definition) is 6. The van der Waals surface area contributed by atoms with Gasteiger partial charge in [-0.05, 0) is 30.1 Å². The highest BCUT2D eigenvalue weighted by Gasteiger charge is 2.23. The molecule has 1 atom stereocenters. The zero-order valence-electron chi connectivity index (χ0n) is 11.9. The Labute approximate surface area is 122 Å². The Bertz CT molecular complexity index is 549. The highest BCUT2D eigenvalue weighted by atomic mass is 32.1. The van der Waals surface area contributed by atoms with Crippen LogP contribution in [0.5, 0.6) is 11.5 Å². The molecule has 5 nitrogen and oxygen atoms in total. The Morgan fingerprint density at radius 1 is 1.25 bits per heavy atom. The number of nitrogens with zero attached hydrogens (tertiary/aromatic N) is 2. The summed E-state index contributed by atoms with van der Waals surface area (Å²) in [7, 11) is 3.26. The first-order chi connectivity index (χ1) is 9.72. The fourth-order valence-electron chi connectivity index (χ4n) is 2.18. The minimum absolute atomic E-state index is 0.345. The van der Waals surface area contributed by atoms with Crippen molar-refractivity contribution in [2.75, 3.05) is 14.2 Å². The van der Waals surface area contributed by atoms with Crippen molar-refractivity contribution >= 4 is 11.5 Å². The van der Waals surface area contributed by atoms with Crippen LogP contribution in [0.3, 0.4) is 0 Å². The van der Waals surface area contributed by atoms with Crippen LogP contribution in [0, 0.1) is 0 Å². The second-order valence-electron chi connectivity index (χ2n) is 4.39. The molecule has 1 aromatic carbocycles. The lowest BCUT2D eigenvalue weighted by molar-refractivity contribution is 0.382. The first-order valence-corrected chi connectivity index (χ1v) is 7.27. The van der Waals surface area contributed by atoms with Gasteiger partial charge in [0.15, 0.2) is 0 Å². The smallest absolute Gasteiger partial charge is 0.127 e. The third-order valence-electron chi connectivity index (χ3n) is 3.13. The Kier molecular flexibility index (Phi) is 4.92. The van der Waals surface area contributed by atoms with Crippen LogP contribution >= 0.6 is 11.5 Å². The van der Waals surface area contributed by atoms with E-state index in [2.05, 4.69) is 16.5 Å². The van der Waals surface area contributed by atoms with Crippen molar-refractivity contribution in [1.29, 1.82) is 0 Å². The number of aromatic nitrogens is 2. The van der Waals surface area contributed by atoms with E-state index >= 15 is 0 Å². The normalized spacial score (nSPS) is 12.2. The lowest BCUT2D eigenvalue weighted by atomic mass is 10.0. The molecule has 20 heavy (non-hydrogen) atoms. The number of hydrogen-bond donors (Lipinski definition) is 1. The van der Waals surface area contributed by atoms with E-state index in [1.165, 1.54) is 11.5 Å². The predicted molar refractivity (Wildman–Crippen MR) is 79.5 cm³/mol. The van der Waals surface area contributed by atoms with E-state index in [1.807, 2.05) is 18.2 Å². The molecule has 0 radical (unpaired) electrons. The van der Waals surface area contributed by atoms with Crippen LogP contribution < -0.4 is 15.2 Å². The third-order valence-corrected chi connectivity index (χ3v) is 3.98. The maximum Gasteiger partial charge on any atom is 0.127 e. The Morgan fingerprint density at radius 2 is 1.90 bits per heavy atom. The molecule has 0 saturated heterocycles. The summed E-state index contributed by atoms with van der Waals surface area (Å²) in [5.41, 5.74) is 8.21. The molecule has 1 aromatic heterocycles. The van der Waals surface area contributed by atoms with Gasteiger partial charge in [0.2, 0.25) is 0 Å². The number of nitrogens with two attached hydrogens (primary N) is 1.